The zero-order chi connectivity index (χ0) is 13.9. The monoisotopic (exact) mass is 301 g/mol. The molecule has 4 nitrogen and oxygen atoms in total. The molecule has 1 aromatic rings. The van der Waals surface area contributed by atoms with E-state index in [9.17, 15) is 13.2 Å². The van der Waals surface area contributed by atoms with Crippen LogP contribution >= 0.6 is 11.6 Å². The van der Waals surface area contributed by atoms with E-state index < -0.39 is 9.84 Å². The van der Waals surface area contributed by atoms with Crippen LogP contribution in [0, 0.1) is 5.92 Å². The summed E-state index contributed by atoms with van der Waals surface area (Å²) in [5.74, 6) is -0.424. The maximum Gasteiger partial charge on any atom is 0.224 e. The van der Waals surface area contributed by atoms with Gasteiger partial charge in [0.25, 0.3) is 0 Å². The Labute approximate surface area is 118 Å². The summed E-state index contributed by atoms with van der Waals surface area (Å²) >= 11 is 5.78. The number of benzene rings is 1. The Balaban J connectivity index is 1.77. The molecule has 0 unspecified atom stereocenters. The van der Waals surface area contributed by atoms with Crippen LogP contribution in [-0.2, 0) is 21.1 Å². The molecular weight excluding hydrogens is 286 g/mol. The van der Waals surface area contributed by atoms with E-state index in [4.69, 9.17) is 11.6 Å². The van der Waals surface area contributed by atoms with E-state index >= 15 is 0 Å². The van der Waals surface area contributed by atoms with Gasteiger partial charge in [0, 0.05) is 11.6 Å². The highest BCUT2D eigenvalue weighted by atomic mass is 35.5. The molecule has 0 aliphatic carbocycles. The third kappa shape index (κ3) is 4.21. The van der Waals surface area contributed by atoms with Crippen molar-refractivity contribution in [3.63, 3.8) is 0 Å². The fourth-order valence-electron chi connectivity index (χ4n) is 2.13. The third-order valence-corrected chi connectivity index (χ3v) is 5.25. The highest BCUT2D eigenvalue weighted by Gasteiger charge is 2.32. The summed E-state index contributed by atoms with van der Waals surface area (Å²) < 4.78 is 22.6. The highest BCUT2D eigenvalue weighted by molar-refractivity contribution is 7.91. The van der Waals surface area contributed by atoms with E-state index in [0.29, 0.717) is 24.4 Å². The van der Waals surface area contributed by atoms with Crippen LogP contribution < -0.4 is 5.32 Å². The Morgan fingerprint density at radius 3 is 2.58 bits per heavy atom. The minimum absolute atomic E-state index is 0.0141. The van der Waals surface area contributed by atoms with Gasteiger partial charge in [-0.2, -0.15) is 0 Å². The Hall–Kier alpha value is -1.07. The van der Waals surface area contributed by atoms with E-state index in [1.54, 1.807) is 0 Å². The van der Waals surface area contributed by atoms with Crippen molar-refractivity contribution >= 4 is 27.3 Å². The van der Waals surface area contributed by atoms with Crippen LogP contribution in [0.25, 0.3) is 0 Å². The van der Waals surface area contributed by atoms with Gasteiger partial charge in [0.05, 0.1) is 17.4 Å². The predicted octanol–water partition coefficient (Wildman–Crippen LogP) is 1.43. The molecule has 1 fully saturated rings. The summed E-state index contributed by atoms with van der Waals surface area (Å²) in [5.41, 5.74) is 1.09. The molecule has 1 aromatic carbocycles. The summed E-state index contributed by atoms with van der Waals surface area (Å²) in [6.45, 7) is 0.511. The Morgan fingerprint density at radius 2 is 2.00 bits per heavy atom. The number of hydrogen-bond acceptors (Lipinski definition) is 3. The quantitative estimate of drug-likeness (QED) is 0.915. The molecule has 0 bridgehead atoms. The first-order chi connectivity index (χ1) is 8.96. The first kappa shape index (κ1) is 14.3. The van der Waals surface area contributed by atoms with Crippen LogP contribution in [0.5, 0.6) is 0 Å². The summed E-state index contributed by atoms with van der Waals surface area (Å²) in [4.78, 5) is 11.8. The maximum atomic E-state index is 11.8. The van der Waals surface area contributed by atoms with Gasteiger partial charge in [-0.1, -0.05) is 23.7 Å². The van der Waals surface area contributed by atoms with Gasteiger partial charge < -0.3 is 5.32 Å². The van der Waals surface area contributed by atoms with E-state index in [1.165, 1.54) is 0 Å². The van der Waals surface area contributed by atoms with Crippen LogP contribution in [0.15, 0.2) is 24.3 Å². The van der Waals surface area contributed by atoms with Gasteiger partial charge in [-0.15, -0.1) is 0 Å². The lowest BCUT2D eigenvalue weighted by atomic mass is 10.1. The third-order valence-electron chi connectivity index (χ3n) is 3.23. The normalized spacial score (nSPS) is 21.2. The molecule has 0 spiro atoms. The number of rotatable bonds is 4. The van der Waals surface area contributed by atoms with Crippen LogP contribution in [0.2, 0.25) is 5.02 Å². The fourth-order valence-corrected chi connectivity index (χ4v) is 3.99. The number of sulfone groups is 1. The second-order valence-electron chi connectivity index (χ2n) is 4.77. The molecule has 0 radical (unpaired) electrons. The topological polar surface area (TPSA) is 63.2 Å². The number of nitrogens with one attached hydrogen (secondary N) is 1. The van der Waals surface area contributed by atoms with E-state index in [0.717, 1.165) is 5.56 Å². The van der Waals surface area contributed by atoms with Crippen molar-refractivity contribution in [2.24, 2.45) is 5.92 Å². The Morgan fingerprint density at radius 1 is 1.32 bits per heavy atom. The molecule has 1 aliphatic heterocycles. The Kier molecular flexibility index (Phi) is 4.47. The van der Waals surface area contributed by atoms with Gasteiger partial charge in [0.15, 0.2) is 9.84 Å². The molecule has 19 heavy (non-hydrogen) atoms. The predicted molar refractivity (Wildman–Crippen MR) is 74.9 cm³/mol. The van der Waals surface area contributed by atoms with Crippen molar-refractivity contribution in [1.82, 2.24) is 5.32 Å². The molecule has 0 aromatic heterocycles. The second-order valence-corrected chi connectivity index (χ2v) is 7.43. The average Bonchev–Trinajstić information content (AvgIpc) is 2.72. The first-order valence-electron chi connectivity index (χ1n) is 6.19. The first-order valence-corrected chi connectivity index (χ1v) is 8.39. The molecule has 0 saturated carbocycles. The molecule has 104 valence electrons. The zero-order valence-electron chi connectivity index (χ0n) is 10.4. The molecule has 1 N–H and O–H groups in total. The largest absolute Gasteiger partial charge is 0.356 e. The van der Waals surface area contributed by atoms with Crippen molar-refractivity contribution in [2.75, 3.05) is 18.1 Å². The second kappa shape index (κ2) is 5.92. The highest BCUT2D eigenvalue weighted by Crippen LogP contribution is 2.18. The Bertz CT molecular complexity index is 554. The van der Waals surface area contributed by atoms with Crippen molar-refractivity contribution in [1.29, 1.82) is 0 Å². The lowest BCUT2D eigenvalue weighted by Crippen LogP contribution is -2.32. The van der Waals surface area contributed by atoms with Crippen LogP contribution in [0.1, 0.15) is 12.0 Å². The minimum Gasteiger partial charge on any atom is -0.356 e. The van der Waals surface area contributed by atoms with Gasteiger partial charge in [0.1, 0.15) is 0 Å². The SMILES string of the molecule is O=C(NCCc1ccc(Cl)cc1)[C@@H]1CCS(=O)(=O)C1. The van der Waals surface area contributed by atoms with Crippen molar-refractivity contribution in [3.05, 3.63) is 34.9 Å². The van der Waals surface area contributed by atoms with E-state index in [2.05, 4.69) is 5.32 Å². The zero-order valence-corrected chi connectivity index (χ0v) is 12.0. The van der Waals surface area contributed by atoms with E-state index in [1.807, 2.05) is 24.3 Å². The van der Waals surface area contributed by atoms with Crippen LogP contribution in [0.4, 0.5) is 0 Å². The van der Waals surface area contributed by atoms with Gasteiger partial charge in [0.2, 0.25) is 5.91 Å². The van der Waals surface area contributed by atoms with Crippen molar-refractivity contribution < 1.29 is 13.2 Å². The lowest BCUT2D eigenvalue weighted by molar-refractivity contribution is -0.124. The van der Waals surface area contributed by atoms with Gasteiger partial charge >= 0.3 is 0 Å². The molecule has 6 heteroatoms. The number of carbonyl (C=O) groups is 1. The summed E-state index contributed by atoms with van der Waals surface area (Å²) in [7, 11) is -3.00. The maximum absolute atomic E-state index is 11.8. The average molecular weight is 302 g/mol. The van der Waals surface area contributed by atoms with Gasteiger partial charge in [-0.3, -0.25) is 4.79 Å². The smallest absolute Gasteiger partial charge is 0.224 e. The summed E-state index contributed by atoms with van der Waals surface area (Å²) in [6, 6.07) is 7.44. The molecule has 1 saturated heterocycles. The molecular formula is C13H16ClNO3S. The minimum atomic E-state index is -3.00. The number of hydrogen-bond donors (Lipinski definition) is 1. The van der Waals surface area contributed by atoms with Crippen molar-refractivity contribution in [2.45, 2.75) is 12.8 Å². The van der Waals surface area contributed by atoms with E-state index in [-0.39, 0.29) is 23.3 Å². The molecule has 2 rings (SSSR count). The van der Waals surface area contributed by atoms with Crippen LogP contribution in [0.3, 0.4) is 0 Å². The fraction of sp³-hybridized carbons (Fsp3) is 0.462. The lowest BCUT2D eigenvalue weighted by Gasteiger charge is -2.09. The number of amides is 1. The number of carbonyl (C=O) groups excluding carboxylic acids is 1. The molecule has 1 heterocycles. The molecule has 1 amide bonds. The molecule has 1 aliphatic rings. The summed E-state index contributed by atoms with van der Waals surface area (Å²) in [6.07, 6.45) is 1.15. The summed E-state index contributed by atoms with van der Waals surface area (Å²) in [5, 5.41) is 3.47. The van der Waals surface area contributed by atoms with Crippen LogP contribution in [-0.4, -0.2) is 32.4 Å². The van der Waals surface area contributed by atoms with Crippen molar-refractivity contribution in [3.8, 4) is 0 Å². The standard InChI is InChI=1S/C13H16ClNO3S/c14-12-3-1-10(2-4-12)5-7-15-13(16)11-6-8-19(17,18)9-11/h1-4,11H,5-9H2,(H,15,16)/t11-/m1/s1. The molecule has 1 atom stereocenters. The van der Waals surface area contributed by atoms with Gasteiger partial charge in [-0.25, -0.2) is 8.42 Å². The van der Waals surface area contributed by atoms with Gasteiger partial charge in [-0.05, 0) is 30.5 Å². The number of halogens is 1.